The Morgan fingerprint density at radius 3 is 2.33 bits per heavy atom. The van der Waals surface area contributed by atoms with E-state index in [1.807, 2.05) is 24.3 Å². The third-order valence-corrected chi connectivity index (χ3v) is 5.07. The molecule has 4 heteroatoms. The van der Waals surface area contributed by atoms with Crippen molar-refractivity contribution in [1.82, 2.24) is 9.97 Å². The van der Waals surface area contributed by atoms with Crippen molar-refractivity contribution >= 4 is 22.2 Å². The van der Waals surface area contributed by atoms with E-state index in [0.29, 0.717) is 0 Å². The number of hydrogen-bond donors (Lipinski definition) is 0. The molecule has 0 atom stereocenters. The number of benzene rings is 1. The van der Waals surface area contributed by atoms with Gasteiger partial charge in [-0.3, -0.25) is 0 Å². The number of fused-ring (bicyclic) bond motifs is 2. The summed E-state index contributed by atoms with van der Waals surface area (Å²) in [4.78, 5) is 8.61. The largest absolute Gasteiger partial charge is 0.463 e. The fourth-order valence-corrected chi connectivity index (χ4v) is 2.75. The molecule has 27 heavy (non-hydrogen) atoms. The molecule has 3 aromatic heterocycles. The zero-order valence-corrected chi connectivity index (χ0v) is 17.0. The second-order valence-corrected chi connectivity index (χ2v) is 8.52. The number of rotatable bonds is 2. The van der Waals surface area contributed by atoms with Gasteiger partial charge in [0, 0.05) is 17.2 Å². The Bertz CT molecular complexity index is 1040. The molecule has 4 aromatic rings. The molecule has 0 saturated heterocycles. The highest BCUT2D eigenvalue weighted by Crippen LogP contribution is 2.29. The molecule has 0 aliphatic carbocycles. The van der Waals surface area contributed by atoms with E-state index in [-0.39, 0.29) is 10.8 Å². The summed E-state index contributed by atoms with van der Waals surface area (Å²) >= 11 is 0. The topological polar surface area (TPSA) is 52.1 Å². The third-order valence-electron chi connectivity index (χ3n) is 5.07. The van der Waals surface area contributed by atoms with Gasteiger partial charge >= 0.3 is 0 Å². The summed E-state index contributed by atoms with van der Waals surface area (Å²) in [6.45, 7) is 13.1. The third kappa shape index (κ3) is 4.21. The molecule has 0 radical (unpaired) electrons. The van der Waals surface area contributed by atoms with Crippen molar-refractivity contribution in [3.05, 3.63) is 60.3 Å². The summed E-state index contributed by atoms with van der Waals surface area (Å²) < 4.78 is 10.5. The fraction of sp³-hybridized carbons (Fsp3) is 0.391. The van der Waals surface area contributed by atoms with Crippen LogP contribution in [-0.2, 0) is 10.8 Å². The predicted molar refractivity (Wildman–Crippen MR) is 110 cm³/mol. The Balaban J connectivity index is 0.000000156. The number of hydrogen-bond acceptors (Lipinski definition) is 4. The maximum absolute atomic E-state index is 5.29. The van der Waals surface area contributed by atoms with Crippen molar-refractivity contribution in [2.75, 3.05) is 0 Å². The standard InChI is InChI=1S/C12H15NO.C11H13NO/c1-4-12(2,3)9-5-6-10-11(7-9)14-8-13-10;1-11(2,3)10-5-4-9-8(12-10)6-7-13-9/h5-8H,4H2,1-3H3;4-7H,1-3H3. The molecule has 0 saturated carbocycles. The molecule has 0 unspecified atom stereocenters. The summed E-state index contributed by atoms with van der Waals surface area (Å²) in [6, 6.07) is 12.1. The highest BCUT2D eigenvalue weighted by Gasteiger charge is 2.18. The van der Waals surface area contributed by atoms with Gasteiger partial charge in [-0.1, -0.05) is 47.6 Å². The van der Waals surface area contributed by atoms with E-state index in [0.717, 1.165) is 34.3 Å². The van der Waals surface area contributed by atoms with E-state index in [4.69, 9.17) is 8.83 Å². The van der Waals surface area contributed by atoms with Crippen molar-refractivity contribution in [2.45, 2.75) is 58.8 Å². The van der Waals surface area contributed by atoms with Crippen LogP contribution in [0.5, 0.6) is 0 Å². The van der Waals surface area contributed by atoms with E-state index in [1.165, 1.54) is 12.0 Å². The second-order valence-electron chi connectivity index (χ2n) is 8.52. The summed E-state index contributed by atoms with van der Waals surface area (Å²) in [7, 11) is 0. The first-order chi connectivity index (χ1) is 12.7. The van der Waals surface area contributed by atoms with Gasteiger partial charge in [0.25, 0.3) is 0 Å². The molecule has 0 aliphatic heterocycles. The van der Waals surface area contributed by atoms with Crippen molar-refractivity contribution in [3.8, 4) is 0 Å². The van der Waals surface area contributed by atoms with Gasteiger partial charge in [-0.05, 0) is 41.7 Å². The lowest BCUT2D eigenvalue weighted by molar-refractivity contribution is 0.505. The molecule has 142 valence electrons. The molecule has 0 N–H and O–H groups in total. The fourth-order valence-electron chi connectivity index (χ4n) is 2.75. The first-order valence-electron chi connectivity index (χ1n) is 9.39. The van der Waals surface area contributed by atoms with Gasteiger partial charge in [-0.25, -0.2) is 9.97 Å². The van der Waals surface area contributed by atoms with E-state index >= 15 is 0 Å². The first-order valence-corrected chi connectivity index (χ1v) is 9.39. The lowest BCUT2D eigenvalue weighted by atomic mass is 9.82. The van der Waals surface area contributed by atoms with Gasteiger partial charge in [0.15, 0.2) is 17.6 Å². The van der Waals surface area contributed by atoms with E-state index in [1.54, 1.807) is 6.26 Å². The molecule has 0 fully saturated rings. The molecular formula is C23H28N2O2. The van der Waals surface area contributed by atoms with Crippen molar-refractivity contribution < 1.29 is 8.83 Å². The van der Waals surface area contributed by atoms with Crippen LogP contribution in [0.1, 0.15) is 59.2 Å². The number of oxazole rings is 1. The van der Waals surface area contributed by atoms with Crippen LogP contribution in [0.25, 0.3) is 22.2 Å². The molecule has 0 aliphatic rings. The van der Waals surface area contributed by atoms with Gasteiger partial charge in [-0.15, -0.1) is 0 Å². The molecule has 0 spiro atoms. The Labute approximate surface area is 160 Å². The van der Waals surface area contributed by atoms with Gasteiger partial charge in [0.05, 0.1) is 6.26 Å². The van der Waals surface area contributed by atoms with Crippen LogP contribution < -0.4 is 0 Å². The Hall–Kier alpha value is -2.62. The lowest BCUT2D eigenvalue weighted by Gasteiger charge is -2.22. The normalized spacial score (nSPS) is 12.2. The van der Waals surface area contributed by atoms with Gasteiger partial charge < -0.3 is 8.83 Å². The Morgan fingerprint density at radius 2 is 1.63 bits per heavy atom. The zero-order chi connectivity index (χ0) is 19.7. The van der Waals surface area contributed by atoms with Crippen LogP contribution in [0.2, 0.25) is 0 Å². The Morgan fingerprint density at radius 1 is 0.852 bits per heavy atom. The van der Waals surface area contributed by atoms with Crippen molar-refractivity contribution in [1.29, 1.82) is 0 Å². The lowest BCUT2D eigenvalue weighted by Crippen LogP contribution is -2.14. The molecular weight excluding hydrogens is 336 g/mol. The van der Waals surface area contributed by atoms with Crippen LogP contribution in [-0.4, -0.2) is 9.97 Å². The molecule has 1 aromatic carbocycles. The van der Waals surface area contributed by atoms with Crippen LogP contribution in [0.4, 0.5) is 0 Å². The molecule has 0 bridgehead atoms. The molecule has 0 amide bonds. The van der Waals surface area contributed by atoms with Crippen LogP contribution in [0.15, 0.2) is 57.9 Å². The Kier molecular flexibility index (Phi) is 5.09. The highest BCUT2D eigenvalue weighted by atomic mass is 16.3. The maximum atomic E-state index is 5.29. The van der Waals surface area contributed by atoms with E-state index < -0.39 is 0 Å². The molecule has 3 heterocycles. The molecule has 4 nitrogen and oxygen atoms in total. The van der Waals surface area contributed by atoms with Crippen molar-refractivity contribution in [3.63, 3.8) is 0 Å². The zero-order valence-electron chi connectivity index (χ0n) is 17.0. The predicted octanol–water partition coefficient (Wildman–Crippen LogP) is 6.64. The van der Waals surface area contributed by atoms with E-state index in [9.17, 15) is 0 Å². The summed E-state index contributed by atoms with van der Waals surface area (Å²) in [5.41, 5.74) is 6.32. The number of aromatic nitrogens is 2. The average Bonchev–Trinajstić information content (AvgIpc) is 3.29. The number of pyridine rings is 1. The van der Waals surface area contributed by atoms with Crippen LogP contribution in [0.3, 0.4) is 0 Å². The maximum Gasteiger partial charge on any atom is 0.181 e. The second kappa shape index (κ2) is 7.18. The van der Waals surface area contributed by atoms with Gasteiger partial charge in [-0.2, -0.15) is 0 Å². The quantitative estimate of drug-likeness (QED) is 0.400. The first kappa shape index (κ1) is 19.2. The minimum absolute atomic E-state index is 0.103. The highest BCUT2D eigenvalue weighted by molar-refractivity contribution is 5.73. The molecule has 4 rings (SSSR count). The van der Waals surface area contributed by atoms with E-state index in [2.05, 4.69) is 63.6 Å². The summed E-state index contributed by atoms with van der Waals surface area (Å²) in [6.07, 6.45) is 4.28. The van der Waals surface area contributed by atoms with Crippen LogP contribution >= 0.6 is 0 Å². The monoisotopic (exact) mass is 364 g/mol. The SMILES string of the molecule is CC(C)(C)c1ccc2occc2n1.CCC(C)(C)c1ccc2ncoc2c1. The number of nitrogens with zero attached hydrogens (tertiary/aromatic N) is 2. The summed E-state index contributed by atoms with van der Waals surface area (Å²) in [5.74, 6) is 0. The van der Waals surface area contributed by atoms with Crippen molar-refractivity contribution in [2.24, 2.45) is 0 Å². The number of furan rings is 1. The van der Waals surface area contributed by atoms with Gasteiger partial charge in [0.2, 0.25) is 0 Å². The summed E-state index contributed by atoms with van der Waals surface area (Å²) in [5, 5.41) is 0. The smallest absolute Gasteiger partial charge is 0.181 e. The minimum Gasteiger partial charge on any atom is -0.463 e. The van der Waals surface area contributed by atoms with Crippen LogP contribution in [0, 0.1) is 0 Å². The van der Waals surface area contributed by atoms with Gasteiger partial charge in [0.1, 0.15) is 11.0 Å². The minimum atomic E-state index is 0.103. The average molecular weight is 364 g/mol.